The molecule has 3 rings (SSSR count). The van der Waals surface area contributed by atoms with Crippen molar-refractivity contribution in [3.05, 3.63) is 75.3 Å². The highest BCUT2D eigenvalue weighted by atomic mass is 79.9. The lowest BCUT2D eigenvalue weighted by molar-refractivity contribution is -0.304. The van der Waals surface area contributed by atoms with E-state index in [2.05, 4.69) is 21.2 Å². The van der Waals surface area contributed by atoms with Crippen LogP contribution in [0, 0.1) is 6.92 Å². The molecular weight excluding hydrogens is 512 g/mol. The molecule has 0 aliphatic rings. The first-order valence-corrected chi connectivity index (χ1v) is 10.8. The zero-order valence-corrected chi connectivity index (χ0v) is 19.5. The number of carbonyl (C=O) groups is 1. The standard InChI is InChI=1S/C24H20BrF6NO/c1-4-14-11-18(23(28,22(3,26)27)24(29,30)31)9-13(2)20(14)32-21(33)17-6-5-16-12-19(25)8-7-15(16)10-17/h5-12H,4H2,1-3H3,(H,32,33). The summed E-state index contributed by atoms with van der Waals surface area (Å²) in [6.07, 6.45) is -5.76. The normalized spacial score (nSPS) is 14.2. The highest BCUT2D eigenvalue weighted by molar-refractivity contribution is 9.10. The second kappa shape index (κ2) is 8.66. The van der Waals surface area contributed by atoms with E-state index in [1.54, 1.807) is 25.1 Å². The van der Waals surface area contributed by atoms with E-state index in [0.29, 0.717) is 11.6 Å². The fourth-order valence-electron chi connectivity index (χ4n) is 3.73. The van der Waals surface area contributed by atoms with Crippen molar-refractivity contribution in [1.82, 2.24) is 0 Å². The molecule has 176 valence electrons. The molecule has 1 N–H and O–H groups in total. The molecule has 1 amide bonds. The van der Waals surface area contributed by atoms with E-state index >= 15 is 0 Å². The SMILES string of the molecule is CCc1cc(C(F)(C(C)(F)F)C(F)(F)F)cc(C)c1NC(=O)c1ccc2cc(Br)ccc2c1. The smallest absolute Gasteiger partial charge is 0.321 e. The van der Waals surface area contributed by atoms with Gasteiger partial charge in [-0.25, -0.2) is 13.2 Å². The van der Waals surface area contributed by atoms with E-state index in [-0.39, 0.29) is 30.2 Å². The molecule has 0 aliphatic heterocycles. The molecule has 0 radical (unpaired) electrons. The lowest BCUT2D eigenvalue weighted by atomic mass is 9.86. The second-order valence-electron chi connectivity index (χ2n) is 7.89. The lowest BCUT2D eigenvalue weighted by Crippen LogP contribution is -2.51. The summed E-state index contributed by atoms with van der Waals surface area (Å²) in [7, 11) is 0. The van der Waals surface area contributed by atoms with Crippen LogP contribution in [0.5, 0.6) is 0 Å². The summed E-state index contributed by atoms with van der Waals surface area (Å²) >= 11 is 3.37. The summed E-state index contributed by atoms with van der Waals surface area (Å²) in [5.41, 5.74) is -5.47. The topological polar surface area (TPSA) is 29.1 Å². The Balaban J connectivity index is 2.03. The van der Waals surface area contributed by atoms with E-state index in [9.17, 15) is 31.1 Å². The third-order valence-electron chi connectivity index (χ3n) is 5.49. The van der Waals surface area contributed by atoms with E-state index in [4.69, 9.17) is 0 Å². The molecule has 2 nitrogen and oxygen atoms in total. The van der Waals surface area contributed by atoms with Crippen LogP contribution in [0.4, 0.5) is 32.0 Å². The molecule has 0 aromatic heterocycles. The molecule has 0 spiro atoms. The van der Waals surface area contributed by atoms with Crippen molar-refractivity contribution in [3.8, 4) is 0 Å². The molecule has 9 heteroatoms. The van der Waals surface area contributed by atoms with E-state index < -0.39 is 29.2 Å². The van der Waals surface area contributed by atoms with Crippen molar-refractivity contribution in [2.24, 2.45) is 0 Å². The zero-order valence-electron chi connectivity index (χ0n) is 17.9. The van der Waals surface area contributed by atoms with Gasteiger partial charge in [-0.1, -0.05) is 41.1 Å². The number of halogens is 7. The maximum atomic E-state index is 14.9. The number of anilines is 1. The first kappa shape index (κ1) is 25.1. The molecule has 3 aromatic carbocycles. The maximum absolute atomic E-state index is 14.9. The minimum absolute atomic E-state index is 0.0398. The van der Waals surface area contributed by atoms with E-state index in [1.165, 1.54) is 6.92 Å². The van der Waals surface area contributed by atoms with Gasteiger partial charge >= 0.3 is 6.18 Å². The number of fused-ring (bicyclic) bond motifs is 1. The molecule has 0 fully saturated rings. The Labute approximate surface area is 195 Å². The quantitative estimate of drug-likeness (QED) is 0.331. The second-order valence-corrected chi connectivity index (χ2v) is 8.80. The van der Waals surface area contributed by atoms with Crippen molar-refractivity contribution < 1.29 is 31.1 Å². The van der Waals surface area contributed by atoms with Crippen LogP contribution in [-0.4, -0.2) is 18.0 Å². The average molecular weight is 532 g/mol. The molecule has 1 unspecified atom stereocenters. The number of benzene rings is 3. The van der Waals surface area contributed by atoms with Crippen molar-refractivity contribution in [3.63, 3.8) is 0 Å². The Morgan fingerprint density at radius 2 is 1.55 bits per heavy atom. The molecule has 0 saturated heterocycles. The number of alkyl halides is 6. The molecular formula is C24H20BrF6NO. The molecule has 3 aromatic rings. The van der Waals surface area contributed by atoms with Crippen LogP contribution in [0.1, 0.15) is 40.9 Å². The molecule has 33 heavy (non-hydrogen) atoms. The highest BCUT2D eigenvalue weighted by Crippen LogP contribution is 2.53. The molecule has 1 atom stereocenters. The van der Waals surface area contributed by atoms with Crippen molar-refractivity contribution in [1.29, 1.82) is 0 Å². The summed E-state index contributed by atoms with van der Waals surface area (Å²) in [5.74, 6) is -5.25. The zero-order chi connectivity index (χ0) is 24.8. The van der Waals surface area contributed by atoms with Gasteiger partial charge in [0.2, 0.25) is 0 Å². The highest BCUT2D eigenvalue weighted by Gasteiger charge is 2.70. The van der Waals surface area contributed by atoms with Gasteiger partial charge in [0, 0.05) is 28.2 Å². The van der Waals surface area contributed by atoms with E-state index in [1.807, 2.05) is 18.2 Å². The predicted molar refractivity (Wildman–Crippen MR) is 120 cm³/mol. The summed E-state index contributed by atoms with van der Waals surface area (Å²) in [4.78, 5) is 12.9. The van der Waals surface area contributed by atoms with Gasteiger partial charge in [-0.05, 0) is 65.6 Å². The first-order valence-electron chi connectivity index (χ1n) is 9.97. The van der Waals surface area contributed by atoms with Crippen LogP contribution in [-0.2, 0) is 12.1 Å². The fraction of sp³-hybridized carbons (Fsp3) is 0.292. The van der Waals surface area contributed by atoms with Gasteiger partial charge in [-0.3, -0.25) is 4.79 Å². The van der Waals surface area contributed by atoms with E-state index in [0.717, 1.165) is 21.3 Å². The van der Waals surface area contributed by atoms with Gasteiger partial charge in [0.1, 0.15) is 0 Å². The van der Waals surface area contributed by atoms with Gasteiger partial charge < -0.3 is 5.32 Å². The number of hydrogen-bond donors (Lipinski definition) is 1. The third-order valence-corrected chi connectivity index (χ3v) is 5.99. The molecule has 0 aliphatic carbocycles. The van der Waals surface area contributed by atoms with Gasteiger partial charge in [0.05, 0.1) is 0 Å². The summed E-state index contributed by atoms with van der Waals surface area (Å²) in [5, 5.41) is 4.33. The minimum atomic E-state index is -5.84. The molecule has 0 saturated carbocycles. The number of nitrogens with one attached hydrogen (secondary N) is 1. The van der Waals surface area contributed by atoms with Crippen LogP contribution in [0.15, 0.2) is 53.0 Å². The number of amides is 1. The molecule has 0 heterocycles. The van der Waals surface area contributed by atoms with Crippen molar-refractivity contribution in [2.75, 3.05) is 5.32 Å². The van der Waals surface area contributed by atoms with Crippen LogP contribution in [0.2, 0.25) is 0 Å². The average Bonchev–Trinajstić information content (AvgIpc) is 2.72. The van der Waals surface area contributed by atoms with Crippen LogP contribution >= 0.6 is 15.9 Å². The summed E-state index contributed by atoms with van der Waals surface area (Å²) in [6.45, 7) is 2.80. The van der Waals surface area contributed by atoms with Crippen molar-refractivity contribution >= 4 is 38.3 Å². The largest absolute Gasteiger partial charge is 0.432 e. The van der Waals surface area contributed by atoms with Crippen LogP contribution < -0.4 is 5.32 Å². The van der Waals surface area contributed by atoms with Gasteiger partial charge in [0.15, 0.2) is 0 Å². The Morgan fingerprint density at radius 3 is 2.12 bits per heavy atom. The Morgan fingerprint density at radius 1 is 0.939 bits per heavy atom. The Hall–Kier alpha value is -2.55. The summed E-state index contributed by atoms with van der Waals surface area (Å²) < 4.78 is 83.7. The van der Waals surface area contributed by atoms with Gasteiger partial charge in [-0.2, -0.15) is 13.2 Å². The number of rotatable bonds is 5. The first-order chi connectivity index (χ1) is 15.2. The maximum Gasteiger partial charge on any atom is 0.432 e. The van der Waals surface area contributed by atoms with Crippen LogP contribution in [0.3, 0.4) is 0 Å². The number of aryl methyl sites for hydroxylation is 2. The Kier molecular flexibility index (Phi) is 6.59. The molecule has 0 bridgehead atoms. The lowest BCUT2D eigenvalue weighted by Gasteiger charge is -2.34. The Bertz CT molecular complexity index is 1200. The monoisotopic (exact) mass is 531 g/mol. The third kappa shape index (κ3) is 4.60. The van der Waals surface area contributed by atoms with Gasteiger partial charge in [-0.15, -0.1) is 0 Å². The number of carbonyl (C=O) groups excluding carboxylic acids is 1. The minimum Gasteiger partial charge on any atom is -0.321 e. The predicted octanol–water partition coefficient (Wildman–Crippen LogP) is 8.11. The van der Waals surface area contributed by atoms with Gasteiger partial charge in [0.25, 0.3) is 17.5 Å². The van der Waals surface area contributed by atoms with Crippen LogP contribution in [0.25, 0.3) is 10.8 Å². The summed E-state index contributed by atoms with van der Waals surface area (Å²) in [6, 6.07) is 11.9. The van der Waals surface area contributed by atoms with Crippen molar-refractivity contribution in [2.45, 2.75) is 45.0 Å². The fourth-order valence-corrected chi connectivity index (χ4v) is 4.11. The number of hydrogen-bond acceptors (Lipinski definition) is 1.